The number of hydrogen-bond donors (Lipinski definition) is 0. The molecule has 1 rings (SSSR count). The molecule has 0 amide bonds. The van der Waals surface area contributed by atoms with Gasteiger partial charge in [-0.2, -0.15) is 0 Å². The first-order chi connectivity index (χ1) is 5.43. The van der Waals surface area contributed by atoms with Crippen molar-refractivity contribution in [3.8, 4) is 0 Å². The van der Waals surface area contributed by atoms with Crippen LogP contribution in [-0.2, 0) is 14.6 Å². The fourth-order valence-electron chi connectivity index (χ4n) is 1.24. The number of sulfone groups is 1. The van der Waals surface area contributed by atoms with Crippen molar-refractivity contribution in [3.63, 3.8) is 0 Å². The van der Waals surface area contributed by atoms with E-state index < -0.39 is 15.1 Å². The summed E-state index contributed by atoms with van der Waals surface area (Å²) < 4.78 is 22.0. The number of carbonyl (C=O) groups is 1. The molecule has 1 aliphatic rings. The molecule has 1 aliphatic carbocycles. The van der Waals surface area contributed by atoms with E-state index in [1.165, 1.54) is 6.92 Å². The Morgan fingerprint density at radius 2 is 1.92 bits per heavy atom. The Balaban J connectivity index is 2.64. The number of rotatable bonds is 3. The van der Waals surface area contributed by atoms with Gasteiger partial charge in [0.2, 0.25) is 0 Å². The molecule has 0 heterocycles. The van der Waals surface area contributed by atoms with E-state index >= 15 is 0 Å². The molecule has 70 valence electrons. The first kappa shape index (κ1) is 9.71. The highest BCUT2D eigenvalue weighted by atomic mass is 32.2. The maximum Gasteiger partial charge on any atom is 0.157 e. The normalized spacial score (nSPS) is 21.5. The van der Waals surface area contributed by atoms with Crippen LogP contribution in [0.2, 0.25) is 0 Å². The summed E-state index contributed by atoms with van der Waals surface area (Å²) >= 11 is 0. The number of Topliss-reactive ketones (excluding diaryl/α,β-unsaturated/α-hetero) is 1. The summed E-state index contributed by atoms with van der Waals surface area (Å²) in [5.74, 6) is -0.0709. The molecule has 1 saturated carbocycles. The molecule has 0 saturated heterocycles. The van der Waals surface area contributed by atoms with E-state index in [2.05, 4.69) is 0 Å². The van der Waals surface area contributed by atoms with E-state index in [0.717, 1.165) is 25.5 Å². The standard InChI is InChI=1S/C8H14O3S/c1-6(12(2,10)11)8(9)7-4-3-5-7/h6-7H,3-5H2,1-2H3. The minimum absolute atomic E-state index is 0.0229. The molecular weight excluding hydrogens is 176 g/mol. The first-order valence-corrected chi connectivity index (χ1v) is 6.11. The van der Waals surface area contributed by atoms with Crippen molar-refractivity contribution in [2.24, 2.45) is 5.92 Å². The Hall–Kier alpha value is -0.380. The number of carbonyl (C=O) groups excluding carboxylic acids is 1. The lowest BCUT2D eigenvalue weighted by Crippen LogP contribution is -2.35. The van der Waals surface area contributed by atoms with E-state index in [1.807, 2.05) is 0 Å². The van der Waals surface area contributed by atoms with Gasteiger partial charge in [-0.15, -0.1) is 0 Å². The molecule has 1 atom stereocenters. The lowest BCUT2D eigenvalue weighted by Gasteiger charge is -2.25. The summed E-state index contributed by atoms with van der Waals surface area (Å²) in [7, 11) is -3.17. The summed E-state index contributed by atoms with van der Waals surface area (Å²) in [5.41, 5.74) is 0. The summed E-state index contributed by atoms with van der Waals surface area (Å²) in [5, 5.41) is -0.803. The van der Waals surface area contributed by atoms with Crippen LogP contribution in [-0.4, -0.2) is 25.7 Å². The topological polar surface area (TPSA) is 51.2 Å². The second-order valence-electron chi connectivity index (χ2n) is 3.50. The van der Waals surface area contributed by atoms with Crippen LogP contribution in [0.4, 0.5) is 0 Å². The zero-order chi connectivity index (χ0) is 9.35. The van der Waals surface area contributed by atoms with E-state index in [0.29, 0.717) is 0 Å². The molecule has 0 N–H and O–H groups in total. The lowest BCUT2D eigenvalue weighted by molar-refractivity contribution is -0.124. The molecule has 0 bridgehead atoms. The molecular formula is C8H14O3S. The van der Waals surface area contributed by atoms with Crippen LogP contribution in [0.3, 0.4) is 0 Å². The molecule has 3 nitrogen and oxygen atoms in total. The van der Waals surface area contributed by atoms with Crippen LogP contribution in [0.1, 0.15) is 26.2 Å². The molecule has 4 heteroatoms. The van der Waals surface area contributed by atoms with Gasteiger partial charge in [-0.05, 0) is 19.8 Å². The summed E-state index contributed by atoms with van der Waals surface area (Å²) in [6, 6.07) is 0. The van der Waals surface area contributed by atoms with Crippen LogP contribution in [0.15, 0.2) is 0 Å². The van der Waals surface area contributed by atoms with E-state index in [-0.39, 0.29) is 11.7 Å². The predicted molar refractivity (Wildman–Crippen MR) is 46.7 cm³/mol. The van der Waals surface area contributed by atoms with Crippen molar-refractivity contribution in [1.29, 1.82) is 0 Å². The van der Waals surface area contributed by atoms with Gasteiger partial charge in [0.1, 0.15) is 5.25 Å². The highest BCUT2D eigenvalue weighted by Crippen LogP contribution is 2.29. The average molecular weight is 190 g/mol. The van der Waals surface area contributed by atoms with Gasteiger partial charge in [-0.1, -0.05) is 6.42 Å². The highest BCUT2D eigenvalue weighted by molar-refractivity contribution is 7.92. The van der Waals surface area contributed by atoms with Crippen LogP contribution < -0.4 is 0 Å². The molecule has 1 unspecified atom stereocenters. The summed E-state index contributed by atoms with van der Waals surface area (Å²) in [6.07, 6.45) is 3.93. The predicted octanol–water partition coefficient (Wildman–Crippen LogP) is 0.789. The Morgan fingerprint density at radius 3 is 2.17 bits per heavy atom. The highest BCUT2D eigenvalue weighted by Gasteiger charge is 2.33. The molecule has 0 aliphatic heterocycles. The maximum absolute atomic E-state index is 11.4. The molecule has 0 spiro atoms. The minimum atomic E-state index is -3.17. The molecule has 1 fully saturated rings. The third kappa shape index (κ3) is 1.86. The van der Waals surface area contributed by atoms with Crippen molar-refractivity contribution in [1.82, 2.24) is 0 Å². The van der Waals surface area contributed by atoms with Crippen molar-refractivity contribution < 1.29 is 13.2 Å². The summed E-state index contributed by atoms with van der Waals surface area (Å²) in [4.78, 5) is 11.4. The van der Waals surface area contributed by atoms with Crippen molar-refractivity contribution in [2.45, 2.75) is 31.4 Å². The second kappa shape index (κ2) is 3.17. The molecule has 0 aromatic rings. The van der Waals surface area contributed by atoms with Crippen LogP contribution >= 0.6 is 0 Å². The zero-order valence-electron chi connectivity index (χ0n) is 7.41. The Bertz CT molecular complexity index is 275. The van der Waals surface area contributed by atoms with Crippen LogP contribution in [0.5, 0.6) is 0 Å². The van der Waals surface area contributed by atoms with Gasteiger partial charge < -0.3 is 0 Å². The third-order valence-electron chi connectivity index (χ3n) is 2.55. The van der Waals surface area contributed by atoms with E-state index in [1.54, 1.807) is 0 Å². The molecule has 0 aromatic heterocycles. The Morgan fingerprint density at radius 1 is 1.42 bits per heavy atom. The molecule has 0 radical (unpaired) electrons. The Labute approximate surface area is 73.1 Å². The van der Waals surface area contributed by atoms with Crippen molar-refractivity contribution in [2.75, 3.05) is 6.26 Å². The minimum Gasteiger partial charge on any atom is -0.298 e. The van der Waals surface area contributed by atoms with Gasteiger partial charge in [0, 0.05) is 12.2 Å². The molecule has 0 aromatic carbocycles. The largest absolute Gasteiger partial charge is 0.298 e. The Kier molecular flexibility index (Phi) is 2.56. The second-order valence-corrected chi connectivity index (χ2v) is 5.87. The van der Waals surface area contributed by atoms with E-state index in [9.17, 15) is 13.2 Å². The summed E-state index contributed by atoms with van der Waals surface area (Å²) in [6.45, 7) is 1.48. The zero-order valence-corrected chi connectivity index (χ0v) is 8.23. The average Bonchev–Trinajstić information content (AvgIpc) is 1.79. The van der Waals surface area contributed by atoms with Gasteiger partial charge >= 0.3 is 0 Å². The van der Waals surface area contributed by atoms with Gasteiger partial charge in [0.05, 0.1) is 0 Å². The van der Waals surface area contributed by atoms with E-state index in [4.69, 9.17) is 0 Å². The van der Waals surface area contributed by atoms with Gasteiger partial charge in [-0.25, -0.2) is 8.42 Å². The SMILES string of the molecule is CC(C(=O)C1CCC1)S(C)(=O)=O. The smallest absolute Gasteiger partial charge is 0.157 e. The first-order valence-electron chi connectivity index (χ1n) is 4.15. The number of hydrogen-bond acceptors (Lipinski definition) is 3. The van der Waals surface area contributed by atoms with Gasteiger partial charge in [0.25, 0.3) is 0 Å². The van der Waals surface area contributed by atoms with Crippen LogP contribution in [0.25, 0.3) is 0 Å². The van der Waals surface area contributed by atoms with Gasteiger partial charge in [-0.3, -0.25) is 4.79 Å². The number of ketones is 1. The molecule has 12 heavy (non-hydrogen) atoms. The van der Waals surface area contributed by atoms with Crippen LogP contribution in [0, 0.1) is 5.92 Å². The fourth-order valence-corrected chi connectivity index (χ4v) is 1.85. The quantitative estimate of drug-likeness (QED) is 0.661. The fraction of sp³-hybridized carbons (Fsp3) is 0.875. The maximum atomic E-state index is 11.4. The van der Waals surface area contributed by atoms with Crippen molar-refractivity contribution >= 4 is 15.6 Å². The monoisotopic (exact) mass is 190 g/mol. The third-order valence-corrected chi connectivity index (χ3v) is 4.07. The van der Waals surface area contributed by atoms with Crippen molar-refractivity contribution in [3.05, 3.63) is 0 Å². The lowest BCUT2D eigenvalue weighted by atomic mass is 9.81. The van der Waals surface area contributed by atoms with Gasteiger partial charge in [0.15, 0.2) is 15.6 Å².